The number of nitrogens with zero attached hydrogens (tertiary/aromatic N) is 2. The van der Waals surface area contributed by atoms with Gasteiger partial charge in [0.15, 0.2) is 0 Å². The van der Waals surface area contributed by atoms with Gasteiger partial charge in [0.05, 0.1) is 5.56 Å². The van der Waals surface area contributed by atoms with Crippen molar-refractivity contribution >= 4 is 11.6 Å². The van der Waals surface area contributed by atoms with Crippen LogP contribution in [0.3, 0.4) is 0 Å². The first-order valence-electron chi connectivity index (χ1n) is 7.15. The van der Waals surface area contributed by atoms with E-state index in [1.807, 2.05) is 32.6 Å². The van der Waals surface area contributed by atoms with E-state index >= 15 is 0 Å². The predicted molar refractivity (Wildman–Crippen MR) is 80.7 cm³/mol. The first-order chi connectivity index (χ1) is 9.63. The van der Waals surface area contributed by atoms with E-state index in [0.717, 1.165) is 12.1 Å². The molecule has 0 amide bonds. The molecule has 120 valence electrons. The molecule has 0 unspecified atom stereocenters. The first kappa shape index (κ1) is 17.6. The van der Waals surface area contributed by atoms with Gasteiger partial charge in [0, 0.05) is 20.1 Å². The van der Waals surface area contributed by atoms with Crippen molar-refractivity contribution in [3.05, 3.63) is 17.7 Å². The molecule has 0 aliphatic carbocycles. The summed E-state index contributed by atoms with van der Waals surface area (Å²) in [5.74, 6) is 1.30. The molecule has 0 fully saturated rings. The van der Waals surface area contributed by atoms with Crippen LogP contribution in [-0.4, -0.2) is 25.1 Å². The number of halogens is 3. The van der Waals surface area contributed by atoms with Crippen molar-refractivity contribution in [1.82, 2.24) is 4.98 Å². The molecule has 1 N–H and O–H groups in total. The molecule has 0 saturated carbocycles. The minimum absolute atomic E-state index is 0.234. The van der Waals surface area contributed by atoms with Crippen LogP contribution in [0.25, 0.3) is 0 Å². The van der Waals surface area contributed by atoms with Gasteiger partial charge in [0.25, 0.3) is 0 Å². The van der Waals surface area contributed by atoms with Crippen LogP contribution >= 0.6 is 0 Å². The van der Waals surface area contributed by atoms with E-state index in [0.29, 0.717) is 30.7 Å². The maximum Gasteiger partial charge on any atom is 0.416 e. The lowest BCUT2D eigenvalue weighted by atomic mass is 10.1. The van der Waals surface area contributed by atoms with E-state index in [-0.39, 0.29) is 5.82 Å². The van der Waals surface area contributed by atoms with Gasteiger partial charge in [-0.3, -0.25) is 0 Å². The fourth-order valence-corrected chi connectivity index (χ4v) is 2.11. The number of aromatic nitrogens is 1. The molecular weight excluding hydrogens is 279 g/mol. The molecule has 1 rings (SSSR count). The third-order valence-corrected chi connectivity index (χ3v) is 2.89. The minimum atomic E-state index is -4.37. The monoisotopic (exact) mass is 303 g/mol. The fraction of sp³-hybridized carbons (Fsp3) is 0.667. The molecule has 0 bridgehead atoms. The van der Waals surface area contributed by atoms with Gasteiger partial charge in [0.1, 0.15) is 11.6 Å². The van der Waals surface area contributed by atoms with E-state index < -0.39 is 11.7 Å². The Hall–Kier alpha value is -1.46. The van der Waals surface area contributed by atoms with E-state index in [2.05, 4.69) is 10.3 Å². The summed E-state index contributed by atoms with van der Waals surface area (Å²) >= 11 is 0. The predicted octanol–water partition coefficient (Wildman–Crippen LogP) is 4.26. The molecule has 0 aliphatic rings. The summed E-state index contributed by atoms with van der Waals surface area (Å²) < 4.78 is 39.0. The Morgan fingerprint density at radius 3 is 2.00 bits per heavy atom. The molecular formula is C15H24F3N3. The largest absolute Gasteiger partial charge is 0.416 e. The summed E-state index contributed by atoms with van der Waals surface area (Å²) in [6.07, 6.45) is -4.37. The average molecular weight is 303 g/mol. The first-order valence-corrected chi connectivity index (χ1v) is 7.15. The Labute approximate surface area is 124 Å². The van der Waals surface area contributed by atoms with Crippen LogP contribution in [0.4, 0.5) is 24.8 Å². The minimum Gasteiger partial charge on any atom is -0.373 e. The van der Waals surface area contributed by atoms with Gasteiger partial charge in [0.2, 0.25) is 0 Å². The van der Waals surface area contributed by atoms with Crippen molar-refractivity contribution in [3.8, 4) is 0 Å². The van der Waals surface area contributed by atoms with Gasteiger partial charge in [-0.15, -0.1) is 0 Å². The zero-order chi connectivity index (χ0) is 16.2. The van der Waals surface area contributed by atoms with Crippen molar-refractivity contribution in [1.29, 1.82) is 0 Å². The highest BCUT2D eigenvalue weighted by Crippen LogP contribution is 2.33. The summed E-state index contributed by atoms with van der Waals surface area (Å²) in [5.41, 5.74) is -0.672. The fourth-order valence-electron chi connectivity index (χ4n) is 2.11. The van der Waals surface area contributed by atoms with Crippen LogP contribution in [0, 0.1) is 11.8 Å². The quantitative estimate of drug-likeness (QED) is 0.851. The summed E-state index contributed by atoms with van der Waals surface area (Å²) in [5, 5.41) is 2.70. The Morgan fingerprint density at radius 1 is 1.10 bits per heavy atom. The Balaban J connectivity index is 3.22. The molecule has 21 heavy (non-hydrogen) atoms. The maximum absolute atomic E-state index is 13.0. The number of hydrogen-bond acceptors (Lipinski definition) is 3. The summed E-state index contributed by atoms with van der Waals surface area (Å²) in [7, 11) is 1.57. The number of rotatable bonds is 6. The molecule has 0 saturated heterocycles. The van der Waals surface area contributed by atoms with Gasteiger partial charge in [-0.1, -0.05) is 27.7 Å². The van der Waals surface area contributed by atoms with Crippen LogP contribution in [0.5, 0.6) is 0 Å². The topological polar surface area (TPSA) is 28.2 Å². The van der Waals surface area contributed by atoms with Gasteiger partial charge >= 0.3 is 6.18 Å². The van der Waals surface area contributed by atoms with Crippen molar-refractivity contribution < 1.29 is 13.2 Å². The van der Waals surface area contributed by atoms with Crippen molar-refractivity contribution in [2.24, 2.45) is 11.8 Å². The van der Waals surface area contributed by atoms with Gasteiger partial charge in [-0.05, 0) is 24.0 Å². The second kappa shape index (κ2) is 7.00. The zero-order valence-electron chi connectivity index (χ0n) is 13.3. The number of hydrogen-bond donors (Lipinski definition) is 1. The smallest absolute Gasteiger partial charge is 0.373 e. The zero-order valence-corrected chi connectivity index (χ0v) is 13.3. The van der Waals surface area contributed by atoms with Crippen molar-refractivity contribution in [3.63, 3.8) is 0 Å². The van der Waals surface area contributed by atoms with Crippen molar-refractivity contribution in [2.45, 2.75) is 33.9 Å². The highest BCUT2D eigenvalue weighted by molar-refractivity contribution is 5.51. The lowest BCUT2D eigenvalue weighted by Crippen LogP contribution is -2.32. The standard InChI is InChI=1S/C15H24F3N3/c1-10(2)8-21(9-11(3)4)14-7-12(15(16,17)18)6-13(19-5)20-14/h6-7,10-11H,8-9H2,1-5H3,(H,19,20). The van der Waals surface area contributed by atoms with E-state index in [4.69, 9.17) is 0 Å². The molecule has 6 heteroatoms. The van der Waals surface area contributed by atoms with E-state index in [1.54, 1.807) is 7.05 Å². The third-order valence-electron chi connectivity index (χ3n) is 2.89. The van der Waals surface area contributed by atoms with Gasteiger partial charge in [-0.25, -0.2) is 4.98 Å². The molecule has 1 heterocycles. The van der Waals surface area contributed by atoms with E-state index in [1.165, 1.54) is 0 Å². The second-order valence-corrected chi connectivity index (χ2v) is 6.04. The average Bonchev–Trinajstić information content (AvgIpc) is 2.35. The normalized spacial score (nSPS) is 12.1. The van der Waals surface area contributed by atoms with Crippen LogP contribution in [0.15, 0.2) is 12.1 Å². The van der Waals surface area contributed by atoms with Crippen LogP contribution in [0.1, 0.15) is 33.3 Å². The van der Waals surface area contributed by atoms with Gasteiger partial charge in [-0.2, -0.15) is 13.2 Å². The van der Waals surface area contributed by atoms with Crippen LogP contribution < -0.4 is 10.2 Å². The highest BCUT2D eigenvalue weighted by atomic mass is 19.4. The number of anilines is 2. The highest BCUT2D eigenvalue weighted by Gasteiger charge is 2.32. The maximum atomic E-state index is 13.0. The van der Waals surface area contributed by atoms with Gasteiger partial charge < -0.3 is 10.2 Å². The summed E-state index contributed by atoms with van der Waals surface area (Å²) in [6.45, 7) is 9.52. The molecule has 0 aliphatic heterocycles. The SMILES string of the molecule is CNc1cc(C(F)(F)F)cc(N(CC(C)C)CC(C)C)n1. The van der Waals surface area contributed by atoms with E-state index in [9.17, 15) is 13.2 Å². The Morgan fingerprint density at radius 2 is 1.62 bits per heavy atom. The second-order valence-electron chi connectivity index (χ2n) is 6.04. The molecule has 0 spiro atoms. The Kier molecular flexibility index (Phi) is 5.87. The number of nitrogens with one attached hydrogen (secondary N) is 1. The summed E-state index contributed by atoms with van der Waals surface area (Å²) in [6, 6.07) is 2.16. The lowest BCUT2D eigenvalue weighted by Gasteiger charge is -2.28. The molecule has 3 nitrogen and oxygen atoms in total. The summed E-state index contributed by atoms with van der Waals surface area (Å²) in [4.78, 5) is 6.21. The van der Waals surface area contributed by atoms with Crippen molar-refractivity contribution in [2.75, 3.05) is 30.4 Å². The Bertz CT molecular complexity index is 446. The number of alkyl halides is 3. The molecule has 0 radical (unpaired) electrons. The van der Waals surface area contributed by atoms with Crippen LogP contribution in [-0.2, 0) is 6.18 Å². The van der Waals surface area contributed by atoms with Crippen LogP contribution in [0.2, 0.25) is 0 Å². The molecule has 1 aromatic heterocycles. The number of pyridine rings is 1. The third kappa shape index (κ3) is 5.44. The lowest BCUT2D eigenvalue weighted by molar-refractivity contribution is -0.137. The molecule has 0 atom stereocenters. The molecule has 1 aromatic rings. The molecule has 0 aromatic carbocycles.